The first-order valence-electron chi connectivity index (χ1n) is 11.2. The Morgan fingerprint density at radius 2 is 2.00 bits per heavy atom. The maximum Gasteiger partial charge on any atom is 0.408 e. The minimum absolute atomic E-state index is 0.205. The molecule has 0 fully saturated rings. The molecule has 1 N–H and O–H groups in total. The molecule has 1 atom stereocenters. The molecule has 1 aliphatic rings. The average Bonchev–Trinajstić information content (AvgIpc) is 3.18. The summed E-state index contributed by atoms with van der Waals surface area (Å²) in [6, 6.07) is 0. The number of allylic oxidation sites excluding steroid dienone is 2. The summed E-state index contributed by atoms with van der Waals surface area (Å²) < 4.78 is 25.4. The number of hydrogen-bond donors (Lipinski definition) is 1. The quantitative estimate of drug-likeness (QED) is 0.268. The van der Waals surface area contributed by atoms with Crippen molar-refractivity contribution in [2.75, 3.05) is 38.5 Å². The molecule has 1 aromatic rings. The second kappa shape index (κ2) is 12.5. The molecule has 32 heavy (non-hydrogen) atoms. The summed E-state index contributed by atoms with van der Waals surface area (Å²) in [6.45, 7) is 10.2. The molecular weight excluding hydrogens is 449 g/mol. The van der Waals surface area contributed by atoms with Crippen molar-refractivity contribution in [3.63, 3.8) is 0 Å². The first-order valence-corrected chi connectivity index (χ1v) is 14.7. The van der Waals surface area contributed by atoms with E-state index in [4.69, 9.17) is 14.2 Å². The SMILES string of the molecule is CCCCCCOc1nsnc1C1=CCC[P+](C)(COC(=O)CNC(=O)OC(C)(C)C)C1. The van der Waals surface area contributed by atoms with E-state index < -0.39 is 24.9 Å². The molecule has 0 bridgehead atoms. The van der Waals surface area contributed by atoms with Gasteiger partial charge < -0.3 is 19.5 Å². The van der Waals surface area contributed by atoms with Gasteiger partial charge in [-0.05, 0) is 33.6 Å². The van der Waals surface area contributed by atoms with Crippen LogP contribution in [0.4, 0.5) is 4.79 Å². The smallest absolute Gasteiger partial charge is 0.408 e. The van der Waals surface area contributed by atoms with Gasteiger partial charge in [0.2, 0.25) is 0 Å². The zero-order valence-corrected chi connectivity index (χ0v) is 21.7. The van der Waals surface area contributed by atoms with Crippen LogP contribution in [-0.4, -0.2) is 64.9 Å². The Labute approximate surface area is 196 Å². The van der Waals surface area contributed by atoms with E-state index >= 15 is 0 Å². The van der Waals surface area contributed by atoms with Gasteiger partial charge >= 0.3 is 12.1 Å². The number of carbonyl (C=O) groups is 2. The highest BCUT2D eigenvalue weighted by atomic mass is 32.1. The summed E-state index contributed by atoms with van der Waals surface area (Å²) in [5.74, 6) is 0.157. The van der Waals surface area contributed by atoms with Gasteiger partial charge in [-0.1, -0.05) is 32.3 Å². The van der Waals surface area contributed by atoms with Crippen molar-refractivity contribution >= 4 is 36.6 Å². The third-order valence-corrected chi connectivity index (χ3v) is 8.63. The number of unbranched alkanes of at least 4 members (excludes halogenated alkanes) is 3. The third-order valence-electron chi connectivity index (χ3n) is 4.92. The fraction of sp³-hybridized carbons (Fsp3) is 0.727. The van der Waals surface area contributed by atoms with E-state index in [2.05, 4.69) is 33.7 Å². The normalized spacial score (nSPS) is 18.6. The van der Waals surface area contributed by atoms with Crippen molar-refractivity contribution < 1.29 is 23.8 Å². The molecule has 0 radical (unpaired) electrons. The number of carbonyl (C=O) groups excluding carboxylic acids is 2. The van der Waals surface area contributed by atoms with E-state index in [0.29, 0.717) is 18.8 Å². The number of nitrogens with zero attached hydrogens (tertiary/aromatic N) is 2. The van der Waals surface area contributed by atoms with Gasteiger partial charge in [0, 0.05) is 5.57 Å². The lowest BCUT2D eigenvalue weighted by atomic mass is 10.2. The fourth-order valence-corrected chi connectivity index (χ4v) is 6.51. The number of rotatable bonds is 11. The molecular formula is C22H37N3O5PS+. The van der Waals surface area contributed by atoms with E-state index in [1.54, 1.807) is 20.8 Å². The number of nitrogens with one attached hydrogen (secondary N) is 1. The largest absolute Gasteiger partial charge is 0.475 e. The van der Waals surface area contributed by atoms with Crippen molar-refractivity contribution in [1.29, 1.82) is 0 Å². The van der Waals surface area contributed by atoms with Crippen molar-refractivity contribution in [2.24, 2.45) is 0 Å². The molecule has 0 aromatic carbocycles. The van der Waals surface area contributed by atoms with Crippen LogP contribution in [0.1, 0.15) is 65.5 Å². The molecule has 0 saturated heterocycles. The van der Waals surface area contributed by atoms with Crippen LogP contribution >= 0.6 is 19.0 Å². The number of alkyl carbamates (subject to hydrolysis) is 1. The van der Waals surface area contributed by atoms with Crippen LogP contribution in [0.2, 0.25) is 0 Å². The predicted molar refractivity (Wildman–Crippen MR) is 130 cm³/mol. The summed E-state index contributed by atoms with van der Waals surface area (Å²) in [5.41, 5.74) is 1.35. The minimum atomic E-state index is -1.53. The summed E-state index contributed by atoms with van der Waals surface area (Å²) >= 11 is 1.17. The van der Waals surface area contributed by atoms with Crippen molar-refractivity contribution in [3.8, 4) is 5.88 Å². The maximum absolute atomic E-state index is 12.1. The Kier molecular flexibility index (Phi) is 10.4. The number of amides is 1. The van der Waals surface area contributed by atoms with Gasteiger partial charge in [-0.15, -0.1) is 4.37 Å². The molecule has 1 amide bonds. The van der Waals surface area contributed by atoms with Crippen LogP contribution in [0.25, 0.3) is 5.57 Å². The average molecular weight is 487 g/mol. The second-order valence-electron chi connectivity index (χ2n) is 9.35. The molecule has 1 aliphatic heterocycles. The minimum Gasteiger partial charge on any atom is -0.475 e. The van der Waals surface area contributed by atoms with E-state index in [1.807, 2.05) is 0 Å². The van der Waals surface area contributed by atoms with Crippen LogP contribution in [0.5, 0.6) is 5.88 Å². The lowest BCUT2D eigenvalue weighted by Gasteiger charge is -2.26. The fourth-order valence-electron chi connectivity index (χ4n) is 3.29. The highest BCUT2D eigenvalue weighted by Gasteiger charge is 2.38. The zero-order chi connectivity index (χ0) is 23.6. The lowest BCUT2D eigenvalue weighted by molar-refractivity contribution is -0.140. The van der Waals surface area contributed by atoms with Crippen LogP contribution in [-0.2, 0) is 14.3 Å². The van der Waals surface area contributed by atoms with Crippen molar-refractivity contribution in [2.45, 2.75) is 65.4 Å². The Morgan fingerprint density at radius 3 is 2.72 bits per heavy atom. The Morgan fingerprint density at radius 1 is 1.22 bits per heavy atom. The topological polar surface area (TPSA) is 99.6 Å². The van der Waals surface area contributed by atoms with E-state index in [9.17, 15) is 9.59 Å². The molecule has 0 saturated carbocycles. The van der Waals surface area contributed by atoms with E-state index in [1.165, 1.54) is 24.6 Å². The number of hydrogen-bond acceptors (Lipinski definition) is 8. The highest BCUT2D eigenvalue weighted by Crippen LogP contribution is 2.60. The van der Waals surface area contributed by atoms with Gasteiger partial charge in [0.25, 0.3) is 5.88 Å². The first kappa shape index (κ1) is 26.5. The third kappa shape index (κ3) is 9.41. The van der Waals surface area contributed by atoms with Crippen LogP contribution < -0.4 is 10.1 Å². The summed E-state index contributed by atoms with van der Waals surface area (Å²) in [5, 5.41) is 2.44. The maximum atomic E-state index is 12.1. The van der Waals surface area contributed by atoms with Crippen molar-refractivity contribution in [1.82, 2.24) is 14.1 Å². The van der Waals surface area contributed by atoms with Gasteiger partial charge in [0.15, 0.2) is 6.35 Å². The molecule has 10 heteroatoms. The molecule has 8 nitrogen and oxygen atoms in total. The monoisotopic (exact) mass is 486 g/mol. The predicted octanol–water partition coefficient (Wildman–Crippen LogP) is 4.96. The Hall–Kier alpha value is -1.73. The standard InChI is InChI=1S/C22H36N3O5PS/c1-6-7-8-9-12-28-20-19(24-32-25-20)17-11-10-13-31(5,15-17)16-29-18(26)14-23-21(27)30-22(2,3)4/h11H,6-10,12-16H2,1-5H3/p+1. The molecule has 0 aliphatic carbocycles. The van der Waals surface area contributed by atoms with Gasteiger partial charge in [0.05, 0.1) is 44.6 Å². The summed E-state index contributed by atoms with van der Waals surface area (Å²) in [4.78, 5) is 23.8. The lowest BCUT2D eigenvalue weighted by Crippen LogP contribution is -2.36. The van der Waals surface area contributed by atoms with E-state index in [-0.39, 0.29) is 6.54 Å². The summed E-state index contributed by atoms with van der Waals surface area (Å²) in [7, 11) is -1.53. The molecule has 2 heterocycles. The molecule has 2 rings (SSSR count). The molecule has 180 valence electrons. The second-order valence-corrected chi connectivity index (χ2v) is 14.1. The van der Waals surface area contributed by atoms with Gasteiger partial charge in [-0.25, -0.2) is 4.79 Å². The van der Waals surface area contributed by atoms with Crippen LogP contribution in [0.3, 0.4) is 0 Å². The van der Waals surface area contributed by atoms with Crippen molar-refractivity contribution in [3.05, 3.63) is 11.8 Å². The highest BCUT2D eigenvalue weighted by molar-refractivity contribution is 7.75. The van der Waals surface area contributed by atoms with Gasteiger partial charge in [-0.2, -0.15) is 4.37 Å². The van der Waals surface area contributed by atoms with Crippen LogP contribution in [0.15, 0.2) is 6.08 Å². The summed E-state index contributed by atoms with van der Waals surface area (Å²) in [6.07, 6.45) is 9.29. The molecule has 1 aromatic heterocycles. The van der Waals surface area contributed by atoms with Gasteiger partial charge in [-0.3, -0.25) is 4.79 Å². The Bertz CT molecular complexity index is 793. The molecule has 0 spiro atoms. The van der Waals surface area contributed by atoms with Crippen LogP contribution in [0, 0.1) is 0 Å². The number of ether oxygens (including phenoxy) is 3. The number of esters is 1. The Balaban J connectivity index is 1.83. The van der Waals surface area contributed by atoms with E-state index in [0.717, 1.165) is 42.9 Å². The number of aromatic nitrogens is 2. The first-order chi connectivity index (χ1) is 15.1. The molecule has 1 unspecified atom stereocenters. The zero-order valence-electron chi connectivity index (χ0n) is 19.9. The van der Waals surface area contributed by atoms with Gasteiger partial charge in [0.1, 0.15) is 17.8 Å².